The number of halogens is 1. The maximum Gasteiger partial charge on any atom is 0.0513 e. The monoisotopic (exact) mass is 303 g/mol. The first kappa shape index (κ1) is 13.2. The molecular weight excluding hydrogens is 286 g/mol. The minimum absolute atomic E-state index is 0.380. The molecule has 0 aliphatic carbocycles. The molecule has 0 aliphatic rings. The summed E-state index contributed by atoms with van der Waals surface area (Å²) in [4.78, 5) is 0. The van der Waals surface area contributed by atoms with Gasteiger partial charge in [-0.1, -0.05) is 65.7 Å². The number of benzene rings is 2. The van der Waals surface area contributed by atoms with Crippen LogP contribution in [0, 0.1) is 0 Å². The van der Waals surface area contributed by atoms with Crippen molar-refractivity contribution in [3.8, 4) is 0 Å². The van der Waals surface area contributed by atoms with E-state index in [9.17, 15) is 0 Å². The van der Waals surface area contributed by atoms with E-state index in [0.29, 0.717) is 6.04 Å². The van der Waals surface area contributed by atoms with Crippen LogP contribution in [0.2, 0.25) is 0 Å². The molecule has 0 bridgehead atoms. The molecular formula is C16H18BrN. The van der Waals surface area contributed by atoms with Gasteiger partial charge in [0.25, 0.3) is 0 Å². The van der Waals surface area contributed by atoms with E-state index in [2.05, 4.69) is 76.7 Å². The molecule has 0 spiro atoms. The summed E-state index contributed by atoms with van der Waals surface area (Å²) in [6, 6.07) is 19.3. The summed E-state index contributed by atoms with van der Waals surface area (Å²) < 4.78 is 1.11. The number of hydrogen-bond donors (Lipinski definition) is 1. The Morgan fingerprint density at radius 2 is 1.83 bits per heavy atom. The first-order valence-electron chi connectivity index (χ1n) is 6.36. The van der Waals surface area contributed by atoms with Crippen molar-refractivity contribution >= 4 is 21.6 Å². The molecule has 94 valence electrons. The van der Waals surface area contributed by atoms with Crippen LogP contribution in [-0.2, 0) is 0 Å². The predicted molar refractivity (Wildman–Crippen MR) is 81.9 cm³/mol. The highest BCUT2D eigenvalue weighted by molar-refractivity contribution is 9.10. The zero-order valence-corrected chi connectivity index (χ0v) is 12.2. The minimum atomic E-state index is 0.380. The van der Waals surface area contributed by atoms with Gasteiger partial charge in [0.05, 0.1) is 6.04 Å². The summed E-state index contributed by atoms with van der Waals surface area (Å²) >= 11 is 3.51. The van der Waals surface area contributed by atoms with Crippen molar-refractivity contribution < 1.29 is 0 Å². The topological polar surface area (TPSA) is 12.0 Å². The molecule has 0 saturated carbocycles. The van der Waals surface area contributed by atoms with Crippen LogP contribution >= 0.6 is 15.9 Å². The molecule has 1 atom stereocenters. The summed E-state index contributed by atoms with van der Waals surface area (Å²) in [6.07, 6.45) is 2.30. The number of hydrogen-bond acceptors (Lipinski definition) is 1. The molecule has 2 aromatic carbocycles. The van der Waals surface area contributed by atoms with Gasteiger partial charge in [0.1, 0.15) is 0 Å². The SMILES string of the molecule is CCCC(Nc1cccc(Br)c1)c1ccccc1. The number of anilines is 1. The lowest BCUT2D eigenvalue weighted by molar-refractivity contribution is 0.677. The lowest BCUT2D eigenvalue weighted by atomic mass is 10.0. The van der Waals surface area contributed by atoms with Gasteiger partial charge in [-0.25, -0.2) is 0 Å². The summed E-state index contributed by atoms with van der Waals surface area (Å²) in [7, 11) is 0. The Bertz CT molecular complexity index is 481. The van der Waals surface area contributed by atoms with Gasteiger partial charge in [0.2, 0.25) is 0 Å². The second kappa shape index (κ2) is 6.60. The van der Waals surface area contributed by atoms with Crippen LogP contribution in [0.1, 0.15) is 31.4 Å². The zero-order valence-electron chi connectivity index (χ0n) is 10.6. The third-order valence-electron chi connectivity index (χ3n) is 2.94. The van der Waals surface area contributed by atoms with Crippen LogP contribution in [0.15, 0.2) is 59.1 Å². The smallest absolute Gasteiger partial charge is 0.0513 e. The molecule has 0 saturated heterocycles. The molecule has 1 N–H and O–H groups in total. The van der Waals surface area contributed by atoms with Crippen LogP contribution in [0.25, 0.3) is 0 Å². The van der Waals surface area contributed by atoms with Gasteiger partial charge in [-0.15, -0.1) is 0 Å². The standard InChI is InChI=1S/C16H18BrN/c1-2-7-16(13-8-4-3-5-9-13)18-15-11-6-10-14(17)12-15/h3-6,8-12,16,18H,2,7H2,1H3. The van der Waals surface area contributed by atoms with Crippen LogP contribution in [0.3, 0.4) is 0 Å². The zero-order chi connectivity index (χ0) is 12.8. The Balaban J connectivity index is 2.16. The second-order valence-corrected chi connectivity index (χ2v) is 5.32. The number of rotatable bonds is 5. The van der Waals surface area contributed by atoms with Crippen molar-refractivity contribution in [2.24, 2.45) is 0 Å². The molecule has 0 amide bonds. The molecule has 18 heavy (non-hydrogen) atoms. The second-order valence-electron chi connectivity index (χ2n) is 4.41. The Labute approximate surface area is 117 Å². The summed E-state index contributed by atoms with van der Waals surface area (Å²) in [6.45, 7) is 2.22. The van der Waals surface area contributed by atoms with E-state index >= 15 is 0 Å². The van der Waals surface area contributed by atoms with Gasteiger partial charge >= 0.3 is 0 Å². The molecule has 2 rings (SSSR count). The fourth-order valence-electron chi connectivity index (χ4n) is 2.08. The lowest BCUT2D eigenvalue weighted by Gasteiger charge is -2.20. The molecule has 2 heteroatoms. The van der Waals surface area contributed by atoms with Crippen LogP contribution in [0.4, 0.5) is 5.69 Å². The van der Waals surface area contributed by atoms with Crippen LogP contribution < -0.4 is 5.32 Å². The van der Waals surface area contributed by atoms with Crippen LogP contribution in [-0.4, -0.2) is 0 Å². The third-order valence-corrected chi connectivity index (χ3v) is 3.44. The van der Waals surface area contributed by atoms with Gasteiger partial charge < -0.3 is 5.32 Å². The van der Waals surface area contributed by atoms with Crippen molar-refractivity contribution in [3.05, 3.63) is 64.6 Å². The fourth-order valence-corrected chi connectivity index (χ4v) is 2.47. The average molecular weight is 304 g/mol. The van der Waals surface area contributed by atoms with Crippen molar-refractivity contribution in [3.63, 3.8) is 0 Å². The van der Waals surface area contributed by atoms with E-state index in [1.54, 1.807) is 0 Å². The average Bonchev–Trinajstić information content (AvgIpc) is 2.39. The summed E-state index contributed by atoms with van der Waals surface area (Å²) in [5.74, 6) is 0. The first-order chi connectivity index (χ1) is 8.79. The molecule has 0 radical (unpaired) electrons. The maximum absolute atomic E-state index is 3.61. The summed E-state index contributed by atoms with van der Waals surface area (Å²) in [5.41, 5.74) is 2.51. The Hall–Kier alpha value is -1.28. The molecule has 0 aliphatic heterocycles. The highest BCUT2D eigenvalue weighted by Gasteiger charge is 2.09. The van der Waals surface area contributed by atoms with Gasteiger partial charge in [-0.3, -0.25) is 0 Å². The Kier molecular flexibility index (Phi) is 4.82. The van der Waals surface area contributed by atoms with Gasteiger partial charge in [-0.2, -0.15) is 0 Å². The van der Waals surface area contributed by atoms with E-state index in [4.69, 9.17) is 0 Å². The van der Waals surface area contributed by atoms with E-state index in [1.165, 1.54) is 12.0 Å². The molecule has 1 nitrogen and oxygen atoms in total. The van der Waals surface area contributed by atoms with Crippen molar-refractivity contribution in [2.75, 3.05) is 5.32 Å². The van der Waals surface area contributed by atoms with E-state index in [-0.39, 0.29) is 0 Å². The Morgan fingerprint density at radius 1 is 1.06 bits per heavy atom. The maximum atomic E-state index is 3.61. The van der Waals surface area contributed by atoms with Gasteiger partial charge in [0, 0.05) is 10.2 Å². The number of nitrogens with one attached hydrogen (secondary N) is 1. The summed E-state index contributed by atoms with van der Waals surface area (Å²) in [5, 5.41) is 3.61. The van der Waals surface area contributed by atoms with Gasteiger partial charge in [0.15, 0.2) is 0 Å². The molecule has 2 aromatic rings. The first-order valence-corrected chi connectivity index (χ1v) is 7.16. The molecule has 0 fully saturated rings. The quantitative estimate of drug-likeness (QED) is 0.779. The van der Waals surface area contributed by atoms with Crippen LogP contribution in [0.5, 0.6) is 0 Å². The lowest BCUT2D eigenvalue weighted by Crippen LogP contribution is -2.10. The van der Waals surface area contributed by atoms with Crippen molar-refractivity contribution in [2.45, 2.75) is 25.8 Å². The normalized spacial score (nSPS) is 12.1. The van der Waals surface area contributed by atoms with Crippen molar-refractivity contribution in [1.29, 1.82) is 0 Å². The van der Waals surface area contributed by atoms with Gasteiger partial charge in [-0.05, 0) is 30.2 Å². The van der Waals surface area contributed by atoms with E-state index in [1.807, 2.05) is 6.07 Å². The van der Waals surface area contributed by atoms with Crippen molar-refractivity contribution in [1.82, 2.24) is 0 Å². The third kappa shape index (κ3) is 3.61. The van der Waals surface area contributed by atoms with E-state index in [0.717, 1.165) is 16.6 Å². The largest absolute Gasteiger partial charge is 0.378 e. The fraction of sp³-hybridized carbons (Fsp3) is 0.250. The highest BCUT2D eigenvalue weighted by atomic mass is 79.9. The molecule has 1 unspecified atom stereocenters. The molecule has 0 heterocycles. The highest BCUT2D eigenvalue weighted by Crippen LogP contribution is 2.25. The molecule has 0 aromatic heterocycles. The Morgan fingerprint density at radius 3 is 2.50 bits per heavy atom. The predicted octanol–water partition coefficient (Wildman–Crippen LogP) is 5.40. The minimum Gasteiger partial charge on any atom is -0.378 e. The van der Waals surface area contributed by atoms with E-state index < -0.39 is 0 Å².